The van der Waals surface area contributed by atoms with E-state index in [9.17, 15) is 4.79 Å². The van der Waals surface area contributed by atoms with E-state index in [4.69, 9.17) is 5.73 Å². The lowest BCUT2D eigenvalue weighted by Crippen LogP contribution is -2.45. The summed E-state index contributed by atoms with van der Waals surface area (Å²) in [5.74, 6) is 1.22. The number of piperazine rings is 1. The summed E-state index contributed by atoms with van der Waals surface area (Å²) in [6.45, 7) is 7.90. The molecular weight excluding hydrogens is 281 g/mol. The van der Waals surface area contributed by atoms with E-state index in [1.807, 2.05) is 0 Å². The van der Waals surface area contributed by atoms with E-state index in [0.29, 0.717) is 17.7 Å². The molecule has 1 saturated heterocycles. The Labute approximate surface area is 131 Å². The van der Waals surface area contributed by atoms with Gasteiger partial charge in [0, 0.05) is 33.2 Å². The van der Waals surface area contributed by atoms with Gasteiger partial charge in [0.25, 0.3) is 0 Å². The SMILES string of the molecule is CC(C)Bc1nc(N(C)CC(N)=O)nc(N2CCNCC2)n1. The minimum atomic E-state index is -0.406. The van der Waals surface area contributed by atoms with Crippen LogP contribution >= 0.6 is 0 Å². The van der Waals surface area contributed by atoms with Crippen molar-refractivity contribution in [2.45, 2.75) is 19.7 Å². The predicted octanol–water partition coefficient (Wildman–Crippen LogP) is -1.91. The Morgan fingerprint density at radius 2 is 2.05 bits per heavy atom. The van der Waals surface area contributed by atoms with E-state index in [2.05, 4.69) is 39.0 Å². The van der Waals surface area contributed by atoms with Crippen molar-refractivity contribution in [1.82, 2.24) is 20.3 Å². The molecule has 0 radical (unpaired) electrons. The highest BCUT2D eigenvalue weighted by Crippen LogP contribution is 2.11. The van der Waals surface area contributed by atoms with Gasteiger partial charge in [0.15, 0.2) is 0 Å². The number of nitrogens with two attached hydrogens (primary N) is 1. The summed E-state index contributed by atoms with van der Waals surface area (Å²) < 4.78 is 0. The number of nitrogens with one attached hydrogen (secondary N) is 1. The summed E-state index contributed by atoms with van der Waals surface area (Å²) in [5, 5.41) is 3.31. The lowest BCUT2D eigenvalue weighted by Gasteiger charge is -2.28. The van der Waals surface area contributed by atoms with Crippen LogP contribution in [0.15, 0.2) is 0 Å². The zero-order valence-electron chi connectivity index (χ0n) is 13.5. The number of aromatic nitrogens is 3. The summed E-state index contributed by atoms with van der Waals surface area (Å²) in [5.41, 5.74) is 6.01. The van der Waals surface area contributed by atoms with E-state index in [1.165, 1.54) is 0 Å². The molecule has 3 N–H and O–H groups in total. The monoisotopic (exact) mass is 305 g/mol. The second-order valence-corrected chi connectivity index (χ2v) is 6.01. The van der Waals surface area contributed by atoms with Crippen LogP contribution in [0.5, 0.6) is 0 Å². The van der Waals surface area contributed by atoms with Gasteiger partial charge in [0.05, 0.1) is 12.3 Å². The zero-order valence-corrected chi connectivity index (χ0v) is 13.5. The molecule has 0 atom stereocenters. The Balaban J connectivity index is 2.28. The quantitative estimate of drug-likeness (QED) is 0.592. The molecule has 9 heteroatoms. The summed E-state index contributed by atoms with van der Waals surface area (Å²) >= 11 is 0. The van der Waals surface area contributed by atoms with Crippen LogP contribution in [0.3, 0.4) is 0 Å². The lowest BCUT2D eigenvalue weighted by atomic mass is 9.66. The fourth-order valence-corrected chi connectivity index (χ4v) is 2.33. The van der Waals surface area contributed by atoms with E-state index >= 15 is 0 Å². The Kier molecular flexibility index (Phi) is 5.54. The van der Waals surface area contributed by atoms with Crippen LogP contribution < -0.4 is 26.6 Å². The number of carbonyl (C=O) groups is 1. The molecule has 8 nitrogen and oxygen atoms in total. The molecule has 0 aliphatic carbocycles. The number of primary amides is 1. The number of hydrogen-bond donors (Lipinski definition) is 2. The fourth-order valence-electron chi connectivity index (χ4n) is 2.33. The molecule has 0 saturated carbocycles. The average Bonchev–Trinajstić information content (AvgIpc) is 2.46. The minimum Gasteiger partial charge on any atom is -0.368 e. The molecule has 0 aromatic carbocycles. The van der Waals surface area contributed by atoms with Crippen molar-refractivity contribution < 1.29 is 4.79 Å². The number of likely N-dealkylation sites (N-methyl/N-ethyl adjacent to an activating group) is 1. The van der Waals surface area contributed by atoms with E-state index in [0.717, 1.165) is 39.2 Å². The van der Waals surface area contributed by atoms with Crippen LogP contribution in [0.2, 0.25) is 5.82 Å². The molecule has 1 fully saturated rings. The molecule has 0 spiro atoms. The number of amides is 1. The highest BCUT2D eigenvalue weighted by atomic mass is 16.1. The number of nitrogens with zero attached hydrogens (tertiary/aromatic N) is 5. The maximum Gasteiger partial charge on any atom is 0.237 e. The summed E-state index contributed by atoms with van der Waals surface area (Å²) in [7, 11) is 2.54. The standard InChI is InChI=1S/C13H24BN7O/c1-9(2)14-11-17-12(20(3)8-10(15)22)19-13(18-11)21-6-4-16-5-7-21/h9,14,16H,4-8H2,1-3H3,(H2,15,22). The smallest absolute Gasteiger partial charge is 0.237 e. The van der Waals surface area contributed by atoms with Gasteiger partial charge in [-0.2, -0.15) is 4.98 Å². The number of hydrogen-bond acceptors (Lipinski definition) is 7. The minimum absolute atomic E-state index is 0.0894. The fraction of sp³-hybridized carbons (Fsp3) is 0.692. The second kappa shape index (κ2) is 7.39. The molecule has 1 aromatic heterocycles. The molecule has 1 aliphatic rings. The molecule has 22 heavy (non-hydrogen) atoms. The van der Waals surface area contributed by atoms with Crippen molar-refractivity contribution in [3.63, 3.8) is 0 Å². The molecule has 1 aromatic rings. The molecule has 2 heterocycles. The summed E-state index contributed by atoms with van der Waals surface area (Å²) in [6.07, 6.45) is 0. The topological polar surface area (TPSA) is 100 Å². The normalized spacial score (nSPS) is 15.0. The van der Waals surface area contributed by atoms with Crippen molar-refractivity contribution in [3.05, 3.63) is 0 Å². The van der Waals surface area contributed by atoms with Crippen LogP contribution in [-0.2, 0) is 4.79 Å². The van der Waals surface area contributed by atoms with Gasteiger partial charge >= 0.3 is 0 Å². The Bertz CT molecular complexity index is 519. The van der Waals surface area contributed by atoms with Crippen molar-refractivity contribution in [3.8, 4) is 0 Å². The summed E-state index contributed by atoms with van der Waals surface area (Å²) in [6, 6.07) is 0. The Morgan fingerprint density at radius 3 is 2.64 bits per heavy atom. The summed E-state index contributed by atoms with van der Waals surface area (Å²) in [4.78, 5) is 28.5. The largest absolute Gasteiger partial charge is 0.368 e. The molecule has 1 amide bonds. The third kappa shape index (κ3) is 4.55. The van der Waals surface area contributed by atoms with Gasteiger partial charge in [0.1, 0.15) is 0 Å². The number of rotatable bonds is 6. The highest BCUT2D eigenvalue weighted by molar-refractivity contribution is 6.52. The van der Waals surface area contributed by atoms with Crippen molar-refractivity contribution in [2.75, 3.05) is 49.6 Å². The van der Waals surface area contributed by atoms with Gasteiger partial charge in [-0.15, -0.1) is 0 Å². The van der Waals surface area contributed by atoms with Gasteiger partial charge < -0.3 is 20.9 Å². The van der Waals surface area contributed by atoms with Crippen LogP contribution in [-0.4, -0.2) is 67.9 Å². The first-order chi connectivity index (χ1) is 10.5. The van der Waals surface area contributed by atoms with Gasteiger partial charge in [0.2, 0.25) is 25.1 Å². The Hall–Kier alpha value is -1.90. The lowest BCUT2D eigenvalue weighted by molar-refractivity contribution is -0.116. The third-order valence-electron chi connectivity index (χ3n) is 3.38. The van der Waals surface area contributed by atoms with Gasteiger partial charge in [-0.1, -0.05) is 19.7 Å². The molecular formula is C13H24BN7O. The van der Waals surface area contributed by atoms with Crippen molar-refractivity contribution in [2.24, 2.45) is 5.73 Å². The predicted molar refractivity (Wildman–Crippen MR) is 89.3 cm³/mol. The van der Waals surface area contributed by atoms with Crippen molar-refractivity contribution >= 4 is 30.8 Å². The number of anilines is 2. The third-order valence-corrected chi connectivity index (χ3v) is 3.38. The average molecular weight is 305 g/mol. The molecule has 0 unspecified atom stereocenters. The van der Waals surface area contributed by atoms with Crippen molar-refractivity contribution in [1.29, 1.82) is 0 Å². The first-order valence-corrected chi connectivity index (χ1v) is 7.65. The maximum atomic E-state index is 11.1. The molecule has 2 rings (SSSR count). The van der Waals surface area contributed by atoms with E-state index in [-0.39, 0.29) is 6.54 Å². The first kappa shape index (κ1) is 16.5. The van der Waals surface area contributed by atoms with Crippen LogP contribution in [0.4, 0.5) is 11.9 Å². The van der Waals surface area contributed by atoms with E-state index < -0.39 is 5.91 Å². The number of carbonyl (C=O) groups excluding carboxylic acids is 1. The van der Waals surface area contributed by atoms with Gasteiger partial charge in [-0.05, 0) is 0 Å². The highest BCUT2D eigenvalue weighted by Gasteiger charge is 2.18. The zero-order chi connectivity index (χ0) is 16.1. The molecule has 1 aliphatic heterocycles. The second-order valence-electron chi connectivity index (χ2n) is 6.01. The maximum absolute atomic E-state index is 11.1. The molecule has 120 valence electrons. The Morgan fingerprint density at radius 1 is 1.36 bits per heavy atom. The van der Waals surface area contributed by atoms with Crippen LogP contribution in [0.1, 0.15) is 13.8 Å². The van der Waals surface area contributed by atoms with Gasteiger partial charge in [-0.3, -0.25) is 4.79 Å². The van der Waals surface area contributed by atoms with Crippen LogP contribution in [0, 0.1) is 0 Å². The molecule has 0 bridgehead atoms. The first-order valence-electron chi connectivity index (χ1n) is 7.65. The van der Waals surface area contributed by atoms with E-state index in [1.54, 1.807) is 11.9 Å². The van der Waals surface area contributed by atoms with Gasteiger partial charge in [-0.25, -0.2) is 9.97 Å². The van der Waals surface area contributed by atoms with Crippen LogP contribution in [0.25, 0.3) is 0 Å².